The minimum absolute atomic E-state index is 0.00367. The third kappa shape index (κ3) is 6.36. The van der Waals surface area contributed by atoms with E-state index in [1.54, 1.807) is 7.11 Å². The molecule has 220 valence electrons. The van der Waals surface area contributed by atoms with Gasteiger partial charge < -0.3 is 25.2 Å². The fourth-order valence-electron chi connectivity index (χ4n) is 6.04. The molecule has 2 N–H and O–H groups in total. The Hall–Kier alpha value is -4.78. The molecule has 6 rings (SSSR count). The van der Waals surface area contributed by atoms with E-state index in [0.29, 0.717) is 11.3 Å². The Morgan fingerprint density at radius 3 is 2.12 bits per heavy atom. The molecule has 2 unspecified atom stereocenters. The molecule has 3 atom stereocenters. The number of nitrogens with zero attached hydrogens (tertiary/aromatic N) is 2. The first-order chi connectivity index (χ1) is 21.0. The summed E-state index contributed by atoms with van der Waals surface area (Å²) in [5.41, 5.74) is 5.36. The van der Waals surface area contributed by atoms with Crippen LogP contribution in [-0.4, -0.2) is 45.1 Å². The number of methoxy groups -OCH3 is 1. The number of amides is 2. The van der Waals surface area contributed by atoms with Gasteiger partial charge in [0.25, 0.3) is 5.91 Å². The molecule has 1 heterocycles. The van der Waals surface area contributed by atoms with Crippen molar-refractivity contribution in [3.63, 3.8) is 0 Å². The molecule has 7 nitrogen and oxygen atoms in total. The van der Waals surface area contributed by atoms with Gasteiger partial charge in [0, 0.05) is 43.5 Å². The van der Waals surface area contributed by atoms with Crippen LogP contribution in [0.15, 0.2) is 103 Å². The molecule has 2 fully saturated rings. The summed E-state index contributed by atoms with van der Waals surface area (Å²) < 4.78 is 5.59. The van der Waals surface area contributed by atoms with Crippen molar-refractivity contribution in [1.82, 2.24) is 5.32 Å². The molecular formula is C36H38N4O3. The fourth-order valence-corrected chi connectivity index (χ4v) is 6.04. The maximum Gasteiger partial charge on any atom is 0.253 e. The second-order valence-electron chi connectivity index (χ2n) is 11.3. The number of nitrogens with one attached hydrogen (secondary N) is 2. The molecule has 1 saturated carbocycles. The number of ether oxygens (including phenoxy) is 1. The lowest BCUT2D eigenvalue weighted by Gasteiger charge is -2.38. The summed E-state index contributed by atoms with van der Waals surface area (Å²) in [6.45, 7) is 5.07. The highest BCUT2D eigenvalue weighted by atomic mass is 16.5. The molecule has 0 spiro atoms. The van der Waals surface area contributed by atoms with Gasteiger partial charge in [0.1, 0.15) is 5.75 Å². The first-order valence-electron chi connectivity index (χ1n) is 15.0. The summed E-state index contributed by atoms with van der Waals surface area (Å²) in [5.74, 6) is 0.880. The van der Waals surface area contributed by atoms with Crippen LogP contribution in [-0.2, 0) is 4.79 Å². The van der Waals surface area contributed by atoms with Crippen molar-refractivity contribution in [2.24, 2.45) is 5.92 Å². The van der Waals surface area contributed by atoms with E-state index in [9.17, 15) is 9.59 Å². The number of para-hydroxylation sites is 2. The van der Waals surface area contributed by atoms with Gasteiger partial charge in [-0.3, -0.25) is 9.59 Å². The van der Waals surface area contributed by atoms with Crippen LogP contribution in [0, 0.1) is 5.92 Å². The number of hydrogen-bond donors (Lipinski definition) is 2. The second kappa shape index (κ2) is 12.6. The Bertz CT molecular complexity index is 1570. The molecule has 0 radical (unpaired) electrons. The first-order valence-corrected chi connectivity index (χ1v) is 15.0. The van der Waals surface area contributed by atoms with Crippen molar-refractivity contribution in [3.8, 4) is 5.75 Å². The van der Waals surface area contributed by atoms with Gasteiger partial charge in [-0.05, 0) is 60.7 Å². The normalized spacial score (nSPS) is 18.5. The Kier molecular flexibility index (Phi) is 8.31. The lowest BCUT2D eigenvalue weighted by atomic mass is 10.1. The van der Waals surface area contributed by atoms with Gasteiger partial charge >= 0.3 is 0 Å². The first kappa shape index (κ1) is 28.3. The summed E-state index contributed by atoms with van der Waals surface area (Å²) in [7, 11) is 1.70. The highest BCUT2D eigenvalue weighted by Crippen LogP contribution is 2.48. The topological polar surface area (TPSA) is 73.9 Å². The summed E-state index contributed by atoms with van der Waals surface area (Å²) in [5, 5.41) is 6.28. The Morgan fingerprint density at radius 2 is 1.42 bits per heavy atom. The van der Waals surface area contributed by atoms with Crippen molar-refractivity contribution in [2.45, 2.75) is 25.3 Å². The van der Waals surface area contributed by atoms with Crippen LogP contribution < -0.4 is 25.2 Å². The molecule has 4 aromatic rings. The number of anilines is 3. The number of hydrogen-bond acceptors (Lipinski definition) is 5. The van der Waals surface area contributed by atoms with Crippen LogP contribution in [0.25, 0.3) is 0 Å². The molecule has 0 aromatic heterocycles. The molecule has 2 aliphatic rings. The van der Waals surface area contributed by atoms with Crippen molar-refractivity contribution >= 4 is 28.9 Å². The SMILES string of the molecule is COc1ccccc1N1CCN(c2ccc(NC(=O)C3C[C@H]3c3ccccc3)cc2C(=O)NC(C)c2ccccc2)CC1. The average Bonchev–Trinajstić information content (AvgIpc) is 3.87. The zero-order valence-corrected chi connectivity index (χ0v) is 24.7. The van der Waals surface area contributed by atoms with Crippen LogP contribution in [0.1, 0.15) is 46.8 Å². The van der Waals surface area contributed by atoms with Crippen molar-refractivity contribution in [1.29, 1.82) is 0 Å². The Labute approximate surface area is 253 Å². The number of rotatable bonds is 9. The van der Waals surface area contributed by atoms with E-state index in [0.717, 1.165) is 55.3 Å². The van der Waals surface area contributed by atoms with Gasteiger partial charge in [-0.1, -0.05) is 72.8 Å². The van der Waals surface area contributed by atoms with Crippen LogP contribution in [0.5, 0.6) is 5.75 Å². The van der Waals surface area contributed by atoms with Crippen LogP contribution in [0.4, 0.5) is 17.1 Å². The quantitative estimate of drug-likeness (QED) is 0.247. The molecule has 7 heteroatoms. The standard InChI is InChI=1S/C36H38N4O3/c1-25(26-11-5-3-6-12-26)37-36(42)31-23-28(38-35(41)30-24-29(30)27-13-7-4-8-14-27)17-18-32(31)39-19-21-40(22-20-39)33-15-9-10-16-34(33)43-2/h3-18,23,25,29-30H,19-22,24H2,1-2H3,(H,37,42)(H,38,41)/t25?,29-,30?/m0/s1. The highest BCUT2D eigenvalue weighted by Gasteiger charge is 2.43. The lowest BCUT2D eigenvalue weighted by Crippen LogP contribution is -2.47. The molecule has 1 saturated heterocycles. The van der Waals surface area contributed by atoms with E-state index < -0.39 is 0 Å². The second-order valence-corrected chi connectivity index (χ2v) is 11.3. The molecule has 1 aliphatic carbocycles. The van der Waals surface area contributed by atoms with E-state index in [1.165, 1.54) is 5.56 Å². The number of carbonyl (C=O) groups is 2. The van der Waals surface area contributed by atoms with Gasteiger partial charge in [0.2, 0.25) is 5.91 Å². The molecule has 2 amide bonds. The minimum Gasteiger partial charge on any atom is -0.495 e. The largest absolute Gasteiger partial charge is 0.495 e. The summed E-state index contributed by atoms with van der Waals surface area (Å²) in [6, 6.07) is 33.7. The van der Waals surface area contributed by atoms with Gasteiger partial charge in [-0.2, -0.15) is 0 Å². The fraction of sp³-hybridized carbons (Fsp3) is 0.278. The van der Waals surface area contributed by atoms with Gasteiger partial charge in [-0.25, -0.2) is 0 Å². The zero-order chi connectivity index (χ0) is 29.8. The predicted octanol–water partition coefficient (Wildman–Crippen LogP) is 6.26. The Morgan fingerprint density at radius 1 is 0.791 bits per heavy atom. The minimum atomic E-state index is -0.166. The van der Waals surface area contributed by atoms with Gasteiger partial charge in [0.05, 0.1) is 24.4 Å². The van der Waals surface area contributed by atoms with Gasteiger partial charge in [0.15, 0.2) is 0 Å². The maximum atomic E-state index is 13.8. The summed E-state index contributed by atoms with van der Waals surface area (Å²) in [4.78, 5) is 31.6. The van der Waals surface area contributed by atoms with Crippen molar-refractivity contribution in [3.05, 3.63) is 120 Å². The van der Waals surface area contributed by atoms with E-state index in [4.69, 9.17) is 4.74 Å². The lowest BCUT2D eigenvalue weighted by molar-refractivity contribution is -0.117. The molecular weight excluding hydrogens is 536 g/mol. The summed E-state index contributed by atoms with van der Waals surface area (Å²) >= 11 is 0. The Balaban J connectivity index is 1.21. The third-order valence-electron chi connectivity index (χ3n) is 8.56. The molecule has 4 aromatic carbocycles. The molecule has 1 aliphatic heterocycles. The average molecular weight is 575 g/mol. The molecule has 43 heavy (non-hydrogen) atoms. The summed E-state index contributed by atoms with van der Waals surface area (Å²) in [6.07, 6.45) is 0.840. The van der Waals surface area contributed by atoms with Gasteiger partial charge in [-0.15, -0.1) is 0 Å². The van der Waals surface area contributed by atoms with Crippen LogP contribution in [0.2, 0.25) is 0 Å². The maximum absolute atomic E-state index is 13.8. The predicted molar refractivity (Wildman–Crippen MR) is 172 cm³/mol. The number of carbonyl (C=O) groups excluding carboxylic acids is 2. The van der Waals surface area contributed by atoms with Crippen LogP contribution >= 0.6 is 0 Å². The van der Waals surface area contributed by atoms with Crippen molar-refractivity contribution in [2.75, 3.05) is 48.4 Å². The van der Waals surface area contributed by atoms with E-state index in [2.05, 4.69) is 38.6 Å². The number of benzene rings is 4. The van der Waals surface area contributed by atoms with Crippen molar-refractivity contribution < 1.29 is 14.3 Å². The van der Waals surface area contributed by atoms with E-state index in [-0.39, 0.29) is 29.7 Å². The van der Waals surface area contributed by atoms with E-state index in [1.807, 2.05) is 91.9 Å². The monoisotopic (exact) mass is 574 g/mol. The third-order valence-corrected chi connectivity index (χ3v) is 8.56. The van der Waals surface area contributed by atoms with E-state index >= 15 is 0 Å². The van der Waals surface area contributed by atoms with Crippen LogP contribution in [0.3, 0.4) is 0 Å². The highest BCUT2D eigenvalue weighted by molar-refractivity contribution is 6.03. The smallest absolute Gasteiger partial charge is 0.253 e. The molecule has 0 bridgehead atoms. The zero-order valence-electron chi connectivity index (χ0n) is 24.7. The number of piperazine rings is 1.